The van der Waals surface area contributed by atoms with Crippen LogP contribution in [0.25, 0.3) is 5.57 Å². The number of benzene rings is 1. The lowest BCUT2D eigenvalue weighted by Crippen LogP contribution is -2.51. The first-order valence-corrected chi connectivity index (χ1v) is 19.1. The van der Waals surface area contributed by atoms with E-state index in [0.29, 0.717) is 48.7 Å². The Labute approximate surface area is 318 Å². The summed E-state index contributed by atoms with van der Waals surface area (Å²) in [6.07, 6.45) is 12.0. The lowest BCUT2D eigenvalue weighted by Gasteiger charge is -2.42. The number of nitrogens with one attached hydrogen (secondary N) is 4. The highest BCUT2D eigenvalue weighted by Gasteiger charge is 2.32. The molecule has 3 unspecified atom stereocenters. The minimum absolute atomic E-state index is 0.0856. The van der Waals surface area contributed by atoms with E-state index in [0.717, 1.165) is 61.9 Å². The highest BCUT2D eigenvalue weighted by molar-refractivity contribution is 6.32. The van der Waals surface area contributed by atoms with Gasteiger partial charge in [-0.3, -0.25) is 15.0 Å². The van der Waals surface area contributed by atoms with Gasteiger partial charge < -0.3 is 34.7 Å². The zero-order valence-electron chi connectivity index (χ0n) is 31.6. The van der Waals surface area contributed by atoms with Crippen LogP contribution in [0.2, 0.25) is 5.02 Å². The predicted octanol–water partition coefficient (Wildman–Crippen LogP) is 6.11. The molecular formula is C37H57ClN10O5. The van der Waals surface area contributed by atoms with E-state index in [9.17, 15) is 5.11 Å². The van der Waals surface area contributed by atoms with Gasteiger partial charge in [0.25, 0.3) is 5.88 Å². The van der Waals surface area contributed by atoms with Crippen molar-refractivity contribution < 1.29 is 24.1 Å². The Morgan fingerprint density at radius 2 is 1.92 bits per heavy atom. The Hall–Kier alpha value is -3.76. The molecule has 15 nitrogen and oxygen atoms in total. The number of rotatable bonds is 19. The molecular weight excluding hydrogens is 700 g/mol. The fourth-order valence-corrected chi connectivity index (χ4v) is 7.25. The molecule has 3 heterocycles. The van der Waals surface area contributed by atoms with Gasteiger partial charge in [-0.15, -0.1) is 5.10 Å². The van der Waals surface area contributed by atoms with Gasteiger partial charge in [0.2, 0.25) is 0 Å². The van der Waals surface area contributed by atoms with Crippen LogP contribution in [0.4, 0.5) is 5.69 Å². The van der Waals surface area contributed by atoms with Crippen LogP contribution in [0.15, 0.2) is 40.8 Å². The molecule has 5 rings (SSSR count). The molecule has 0 amide bonds. The van der Waals surface area contributed by atoms with Crippen LogP contribution in [-0.2, 0) is 9.47 Å². The molecule has 3 aliphatic rings. The number of nitrogens with zero attached hydrogens (tertiary/aromatic N) is 6. The smallest absolute Gasteiger partial charge is 0.256 e. The van der Waals surface area contributed by atoms with Crippen molar-refractivity contribution in [3.8, 4) is 11.6 Å². The zero-order chi connectivity index (χ0) is 38.0. The molecule has 2 aliphatic heterocycles. The molecule has 1 aromatic carbocycles. The number of anilines is 1. The number of halogens is 1. The van der Waals surface area contributed by atoms with Crippen molar-refractivity contribution in [3.63, 3.8) is 0 Å². The quantitative estimate of drug-likeness (QED) is 0.0370. The predicted molar refractivity (Wildman–Crippen MR) is 206 cm³/mol. The second-order valence-corrected chi connectivity index (χ2v) is 15.2. The number of morpholine rings is 1. The molecule has 5 N–H and O–H groups in total. The largest absolute Gasteiger partial charge is 0.487 e. The zero-order valence-corrected chi connectivity index (χ0v) is 32.4. The normalized spacial score (nSPS) is 24.1. The van der Waals surface area contributed by atoms with Gasteiger partial charge in [-0.1, -0.05) is 22.9 Å². The maximum atomic E-state index is 9.32. The van der Waals surface area contributed by atoms with Crippen LogP contribution in [0.3, 0.4) is 0 Å². The summed E-state index contributed by atoms with van der Waals surface area (Å²) in [6, 6.07) is 6.35. The van der Waals surface area contributed by atoms with Crippen molar-refractivity contribution >= 4 is 35.4 Å². The van der Waals surface area contributed by atoms with E-state index in [1.54, 1.807) is 12.3 Å². The number of ether oxygens (including phenoxy) is 4. The minimum atomic E-state index is -0.453. The molecule has 53 heavy (non-hydrogen) atoms. The Kier molecular flexibility index (Phi) is 14.5. The van der Waals surface area contributed by atoms with Gasteiger partial charge >= 0.3 is 0 Å². The van der Waals surface area contributed by atoms with Crippen LogP contribution in [-0.4, -0.2) is 113 Å². The molecule has 1 saturated heterocycles. The molecule has 1 saturated carbocycles. The van der Waals surface area contributed by atoms with E-state index in [4.69, 9.17) is 51.6 Å². The van der Waals surface area contributed by atoms with E-state index in [2.05, 4.69) is 39.3 Å². The molecule has 1 aliphatic carbocycles. The van der Waals surface area contributed by atoms with Gasteiger partial charge in [0, 0.05) is 50.1 Å². The third-order valence-electron chi connectivity index (χ3n) is 9.80. The van der Waals surface area contributed by atoms with Crippen LogP contribution < -0.4 is 20.1 Å². The second-order valence-electron chi connectivity index (χ2n) is 14.8. The third-order valence-corrected chi connectivity index (χ3v) is 10.1. The van der Waals surface area contributed by atoms with Crippen molar-refractivity contribution in [3.05, 3.63) is 41.2 Å². The van der Waals surface area contributed by atoms with Gasteiger partial charge in [0.05, 0.1) is 54.8 Å². The lowest BCUT2D eigenvalue weighted by molar-refractivity contribution is -0.0852. The molecule has 0 bridgehead atoms. The number of allylic oxidation sites excluding steroid dienone is 1. The first kappa shape index (κ1) is 40.4. The van der Waals surface area contributed by atoms with Crippen molar-refractivity contribution in [2.75, 3.05) is 44.8 Å². The number of aromatic nitrogens is 2. The van der Waals surface area contributed by atoms with E-state index in [1.165, 1.54) is 5.01 Å². The standard InChI is InChI=1S/C37H57ClN10O5/c1-25-20-46(21-26(2)52-25)30-8-10-31(11-9-30)48-23-33(35(44-48)50-15-6-16-51-37(4,5)13-14-49)43-36-41-18-29(19-42-36)28-7-12-32(38)34(17-28)53-27(3)22-47(24-39)45-40/h7,12,17-19,23-27,30-31,36,39-41,43,49H,6,8-11,13-16,20-22H2,1-5H3/t25?,26?,27-,30?,31?,36?/m0/s1. The second kappa shape index (κ2) is 19.0. The molecule has 2 aromatic rings. The number of hydrogen-bond donors (Lipinski definition) is 5. The molecule has 1 aromatic heterocycles. The lowest BCUT2D eigenvalue weighted by atomic mass is 9.89. The molecule has 4 atom stereocenters. The SMILES string of the molecule is CC1CN(C2CCC(n3cc(NC4N=CC(c5ccc(Cl)c(O[C@@H](C)CN(C=N)N=N)c5)=CN4)c(OCCCOC(C)(C)CCO)n3)CC2)CC(C)O1. The number of aliphatic hydroxyl groups is 1. The maximum Gasteiger partial charge on any atom is 0.256 e. The molecule has 292 valence electrons. The summed E-state index contributed by atoms with van der Waals surface area (Å²) in [4.78, 5) is 7.36. The van der Waals surface area contributed by atoms with Gasteiger partial charge in [0.1, 0.15) is 23.9 Å². The van der Waals surface area contributed by atoms with E-state index in [-0.39, 0.29) is 37.5 Å². The highest BCUT2D eigenvalue weighted by Crippen LogP contribution is 2.35. The Bertz CT molecular complexity index is 1540. The summed E-state index contributed by atoms with van der Waals surface area (Å²) < 4.78 is 26.3. The van der Waals surface area contributed by atoms with Gasteiger partial charge in [-0.05, 0) is 84.4 Å². The summed E-state index contributed by atoms with van der Waals surface area (Å²) in [5.41, 5.74) is 9.24. The number of aliphatic imine (C=N–C) groups is 1. The topological polar surface area (TPSA) is 178 Å². The van der Waals surface area contributed by atoms with Crippen LogP contribution in [0, 0.1) is 10.9 Å². The van der Waals surface area contributed by atoms with Gasteiger partial charge in [0.15, 0.2) is 6.29 Å². The molecule has 0 spiro atoms. The summed E-state index contributed by atoms with van der Waals surface area (Å²) in [5, 5.41) is 33.3. The third kappa shape index (κ3) is 11.6. The van der Waals surface area contributed by atoms with E-state index < -0.39 is 11.9 Å². The Balaban J connectivity index is 1.22. The number of hydrogen-bond acceptors (Lipinski definition) is 13. The van der Waals surface area contributed by atoms with E-state index >= 15 is 0 Å². The first-order chi connectivity index (χ1) is 25.5. The Morgan fingerprint density at radius 3 is 2.58 bits per heavy atom. The van der Waals surface area contributed by atoms with Crippen LogP contribution in [0.1, 0.15) is 84.7 Å². The maximum absolute atomic E-state index is 9.32. The number of aliphatic hydroxyl groups excluding tert-OH is 1. The summed E-state index contributed by atoms with van der Waals surface area (Å²) >= 11 is 6.44. The van der Waals surface area contributed by atoms with Crippen LogP contribution in [0.5, 0.6) is 11.6 Å². The minimum Gasteiger partial charge on any atom is -0.487 e. The molecule has 2 fully saturated rings. The molecule has 16 heteroatoms. The van der Waals surface area contributed by atoms with Crippen LogP contribution >= 0.6 is 11.6 Å². The summed E-state index contributed by atoms with van der Waals surface area (Å²) in [5.74, 6) is 1.01. The summed E-state index contributed by atoms with van der Waals surface area (Å²) in [6.45, 7) is 13.4. The average Bonchev–Trinajstić information content (AvgIpc) is 3.53. The van der Waals surface area contributed by atoms with Gasteiger partial charge in [-0.25, -0.2) is 10.0 Å². The highest BCUT2D eigenvalue weighted by atomic mass is 35.5. The fraction of sp³-hybridized carbons (Fsp3) is 0.649. The molecule has 0 radical (unpaired) electrons. The summed E-state index contributed by atoms with van der Waals surface area (Å²) in [7, 11) is 0. The van der Waals surface area contributed by atoms with Crippen molar-refractivity contribution in [1.29, 1.82) is 10.9 Å². The van der Waals surface area contributed by atoms with Crippen molar-refractivity contribution in [2.45, 2.75) is 115 Å². The average molecular weight is 757 g/mol. The van der Waals surface area contributed by atoms with Crippen molar-refractivity contribution in [2.24, 2.45) is 10.2 Å². The Morgan fingerprint density at radius 1 is 1.19 bits per heavy atom. The fourth-order valence-electron chi connectivity index (χ4n) is 7.09. The van der Waals surface area contributed by atoms with E-state index in [1.807, 2.05) is 45.3 Å². The monoisotopic (exact) mass is 756 g/mol. The van der Waals surface area contributed by atoms with Crippen molar-refractivity contribution in [1.82, 2.24) is 25.0 Å². The van der Waals surface area contributed by atoms with Gasteiger partial charge in [-0.2, -0.15) is 5.53 Å². The first-order valence-electron chi connectivity index (χ1n) is 18.7.